The van der Waals surface area contributed by atoms with Crippen LogP contribution < -0.4 is 0 Å². The number of ketones is 1. The number of hydrogen-bond donors (Lipinski definition) is 0. The standard InChI is InChI=1S/C15H11NO2S2/c17-12-8-20-15-10-4-2-1-3-9(10)14(18)16(15)7-13-11(12)5-6-19-13/h1-6,15H,7-8H2/t15-/m1/s1. The molecular formula is C15H11NO2S2. The normalized spacial score (nSPS) is 21.0. The van der Waals surface area contributed by atoms with Crippen molar-refractivity contribution in [3.05, 3.63) is 57.3 Å². The van der Waals surface area contributed by atoms with Crippen molar-refractivity contribution in [2.75, 3.05) is 5.75 Å². The highest BCUT2D eigenvalue weighted by atomic mass is 32.2. The Morgan fingerprint density at radius 1 is 1.10 bits per heavy atom. The molecule has 5 heteroatoms. The van der Waals surface area contributed by atoms with E-state index in [0.29, 0.717) is 12.3 Å². The average molecular weight is 301 g/mol. The Bertz CT molecular complexity index is 722. The number of nitrogens with zero attached hydrogens (tertiary/aromatic N) is 1. The van der Waals surface area contributed by atoms with Crippen LogP contribution in [0.3, 0.4) is 0 Å². The van der Waals surface area contributed by atoms with Gasteiger partial charge in [0.15, 0.2) is 5.78 Å². The number of rotatable bonds is 0. The van der Waals surface area contributed by atoms with Crippen LogP contribution in [0, 0.1) is 0 Å². The van der Waals surface area contributed by atoms with E-state index in [1.807, 2.05) is 40.6 Å². The number of amides is 1. The van der Waals surface area contributed by atoms with Gasteiger partial charge < -0.3 is 4.90 Å². The number of thioether (sulfide) groups is 1. The molecule has 0 unspecified atom stereocenters. The molecule has 0 spiro atoms. The highest BCUT2D eigenvalue weighted by molar-refractivity contribution is 8.00. The zero-order valence-electron chi connectivity index (χ0n) is 10.5. The first-order valence-corrected chi connectivity index (χ1v) is 8.29. The number of carbonyl (C=O) groups is 2. The summed E-state index contributed by atoms with van der Waals surface area (Å²) in [4.78, 5) is 27.6. The zero-order chi connectivity index (χ0) is 13.7. The minimum atomic E-state index is -0.0297. The number of thiophene rings is 1. The van der Waals surface area contributed by atoms with Crippen molar-refractivity contribution in [3.63, 3.8) is 0 Å². The minimum Gasteiger partial charge on any atom is -0.317 e. The van der Waals surface area contributed by atoms with Crippen molar-refractivity contribution in [2.45, 2.75) is 11.9 Å². The van der Waals surface area contributed by atoms with Crippen molar-refractivity contribution in [3.8, 4) is 0 Å². The summed E-state index contributed by atoms with van der Waals surface area (Å²) >= 11 is 3.11. The number of benzene rings is 1. The molecule has 0 radical (unpaired) electrons. The van der Waals surface area contributed by atoms with Gasteiger partial charge in [0, 0.05) is 16.0 Å². The largest absolute Gasteiger partial charge is 0.317 e. The van der Waals surface area contributed by atoms with Crippen LogP contribution in [0.2, 0.25) is 0 Å². The van der Waals surface area contributed by atoms with Gasteiger partial charge in [-0.3, -0.25) is 9.59 Å². The summed E-state index contributed by atoms with van der Waals surface area (Å²) in [5.41, 5.74) is 2.59. The van der Waals surface area contributed by atoms with E-state index < -0.39 is 0 Å². The Labute approximate surface area is 124 Å². The van der Waals surface area contributed by atoms with E-state index in [2.05, 4.69) is 0 Å². The fraction of sp³-hybridized carbons (Fsp3) is 0.200. The van der Waals surface area contributed by atoms with Crippen molar-refractivity contribution in [2.24, 2.45) is 0 Å². The first-order chi connectivity index (χ1) is 9.75. The lowest BCUT2D eigenvalue weighted by Gasteiger charge is -2.26. The predicted octanol–water partition coefficient (Wildman–Crippen LogP) is 3.33. The summed E-state index contributed by atoms with van der Waals surface area (Å²) in [6, 6.07) is 9.58. The second-order valence-corrected chi connectivity index (χ2v) is 6.93. The van der Waals surface area contributed by atoms with Gasteiger partial charge >= 0.3 is 0 Å². The molecular weight excluding hydrogens is 290 g/mol. The van der Waals surface area contributed by atoms with Gasteiger partial charge in [-0.2, -0.15) is 0 Å². The highest BCUT2D eigenvalue weighted by Gasteiger charge is 2.39. The zero-order valence-corrected chi connectivity index (χ0v) is 12.2. The summed E-state index contributed by atoms with van der Waals surface area (Å²) < 4.78 is 0. The fourth-order valence-corrected chi connectivity index (χ4v) is 4.86. The van der Waals surface area contributed by atoms with Crippen molar-refractivity contribution < 1.29 is 9.59 Å². The lowest BCUT2D eigenvalue weighted by atomic mass is 10.1. The number of hydrogen-bond acceptors (Lipinski definition) is 4. The Kier molecular flexibility index (Phi) is 2.72. The summed E-state index contributed by atoms with van der Waals surface area (Å²) in [5.74, 6) is 0.668. The minimum absolute atomic E-state index is 0.0297. The van der Waals surface area contributed by atoms with E-state index in [4.69, 9.17) is 0 Å². The Balaban J connectivity index is 1.82. The summed E-state index contributed by atoms with van der Waals surface area (Å²) in [5, 5.41) is 1.90. The van der Waals surface area contributed by atoms with Crippen molar-refractivity contribution in [1.82, 2.24) is 4.90 Å². The van der Waals surface area contributed by atoms with E-state index >= 15 is 0 Å². The quantitative estimate of drug-likeness (QED) is 0.749. The molecule has 2 aliphatic rings. The van der Waals surface area contributed by atoms with Crippen molar-refractivity contribution in [1.29, 1.82) is 0 Å². The molecule has 100 valence electrons. The lowest BCUT2D eigenvalue weighted by Crippen LogP contribution is -2.28. The Morgan fingerprint density at radius 3 is 2.85 bits per heavy atom. The summed E-state index contributed by atoms with van der Waals surface area (Å²) in [7, 11) is 0. The van der Waals surface area contributed by atoms with E-state index in [1.165, 1.54) is 0 Å². The lowest BCUT2D eigenvalue weighted by molar-refractivity contribution is 0.0759. The Morgan fingerprint density at radius 2 is 1.95 bits per heavy atom. The van der Waals surface area contributed by atoms with Gasteiger partial charge in [0.2, 0.25) is 0 Å². The monoisotopic (exact) mass is 301 g/mol. The second-order valence-electron chi connectivity index (χ2n) is 4.86. The maximum absolute atomic E-state index is 12.5. The molecule has 0 bridgehead atoms. The third-order valence-electron chi connectivity index (χ3n) is 3.73. The fourth-order valence-electron chi connectivity index (χ4n) is 2.77. The van der Waals surface area contributed by atoms with E-state index in [-0.39, 0.29) is 17.1 Å². The molecule has 0 N–H and O–H groups in total. The third-order valence-corrected chi connectivity index (χ3v) is 5.89. The molecule has 1 aromatic carbocycles. The molecule has 0 aliphatic carbocycles. The van der Waals surface area contributed by atoms with Gasteiger partial charge in [0.1, 0.15) is 5.37 Å². The number of fused-ring (bicyclic) bond motifs is 4. The maximum Gasteiger partial charge on any atom is 0.255 e. The first-order valence-electron chi connectivity index (χ1n) is 6.37. The van der Waals surface area contributed by atoms with Crippen LogP contribution in [0.4, 0.5) is 0 Å². The number of carbonyl (C=O) groups excluding carboxylic acids is 2. The second kappa shape index (κ2) is 4.46. The van der Waals surface area contributed by atoms with Crippen LogP contribution in [0.15, 0.2) is 35.7 Å². The van der Waals surface area contributed by atoms with Crippen LogP contribution in [0.1, 0.15) is 36.5 Å². The van der Waals surface area contributed by atoms with Crippen molar-refractivity contribution >= 4 is 34.8 Å². The highest BCUT2D eigenvalue weighted by Crippen LogP contribution is 2.44. The molecule has 2 aliphatic heterocycles. The smallest absolute Gasteiger partial charge is 0.255 e. The van der Waals surface area contributed by atoms with E-state index in [0.717, 1.165) is 21.6 Å². The van der Waals surface area contributed by atoms with Crippen LogP contribution in [0.25, 0.3) is 0 Å². The molecule has 1 amide bonds. The van der Waals surface area contributed by atoms with Crippen LogP contribution in [0.5, 0.6) is 0 Å². The molecule has 1 atom stereocenters. The first kappa shape index (κ1) is 12.2. The molecule has 0 fully saturated rings. The van der Waals surface area contributed by atoms with Crippen LogP contribution >= 0.6 is 23.1 Å². The molecule has 3 nitrogen and oxygen atoms in total. The summed E-state index contributed by atoms with van der Waals surface area (Å²) in [6.07, 6.45) is 0. The molecule has 3 heterocycles. The van der Waals surface area contributed by atoms with E-state index in [9.17, 15) is 9.59 Å². The molecule has 0 saturated carbocycles. The van der Waals surface area contributed by atoms with Gasteiger partial charge in [-0.05, 0) is 23.1 Å². The molecule has 1 aromatic heterocycles. The van der Waals surface area contributed by atoms with Gasteiger partial charge in [-0.15, -0.1) is 23.1 Å². The maximum atomic E-state index is 12.5. The Hall–Kier alpha value is -1.59. The van der Waals surface area contributed by atoms with Crippen LogP contribution in [-0.2, 0) is 6.54 Å². The predicted molar refractivity (Wildman–Crippen MR) is 80.2 cm³/mol. The van der Waals surface area contributed by atoms with Gasteiger partial charge in [0.25, 0.3) is 5.91 Å². The molecule has 0 saturated heterocycles. The molecule has 20 heavy (non-hydrogen) atoms. The van der Waals surface area contributed by atoms with Gasteiger partial charge in [-0.1, -0.05) is 18.2 Å². The molecule has 2 aromatic rings. The molecule has 4 rings (SSSR count). The van der Waals surface area contributed by atoms with Crippen LogP contribution in [-0.4, -0.2) is 22.3 Å². The van der Waals surface area contributed by atoms with E-state index in [1.54, 1.807) is 23.1 Å². The number of Topliss-reactive ketones (excluding diaryl/α,β-unsaturated/α-hetero) is 1. The summed E-state index contributed by atoms with van der Waals surface area (Å²) in [6.45, 7) is 0.532. The average Bonchev–Trinajstić information content (AvgIpc) is 3.01. The topological polar surface area (TPSA) is 37.4 Å². The SMILES string of the molecule is O=C1CS[C@@H]2c3ccccc3C(=O)N2Cc2sccc21. The van der Waals surface area contributed by atoms with Gasteiger partial charge in [0.05, 0.1) is 12.3 Å². The third kappa shape index (κ3) is 1.66. The van der Waals surface area contributed by atoms with Gasteiger partial charge in [-0.25, -0.2) is 0 Å².